The van der Waals surface area contributed by atoms with Crippen LogP contribution in [-0.2, 0) is 10.9 Å². The van der Waals surface area contributed by atoms with Gasteiger partial charge in [-0.3, -0.25) is 0 Å². The molecule has 2 aromatic heterocycles. The Kier molecular flexibility index (Phi) is 5.44. The highest BCUT2D eigenvalue weighted by Crippen LogP contribution is 2.35. The van der Waals surface area contributed by atoms with E-state index in [1.165, 1.54) is 35.3 Å². The zero-order valence-electron chi connectivity index (χ0n) is 14.7. The van der Waals surface area contributed by atoms with Crippen molar-refractivity contribution in [2.24, 2.45) is 0 Å². The van der Waals surface area contributed by atoms with E-state index in [0.717, 1.165) is 12.1 Å². The van der Waals surface area contributed by atoms with Crippen molar-refractivity contribution in [2.45, 2.75) is 13.1 Å². The van der Waals surface area contributed by atoms with Crippen LogP contribution in [0.5, 0.6) is 0 Å². The van der Waals surface area contributed by atoms with Gasteiger partial charge in [0.05, 0.1) is 33.4 Å². The van der Waals surface area contributed by atoms with Crippen LogP contribution in [-0.4, -0.2) is 27.8 Å². The molecule has 5 nitrogen and oxygen atoms in total. The number of carbonyl (C=O) groups excluding carboxylic acids is 1. The number of benzene rings is 1. The highest BCUT2D eigenvalue weighted by atomic mass is 79.9. The zero-order valence-corrected chi connectivity index (χ0v) is 17.1. The molecule has 28 heavy (non-hydrogen) atoms. The van der Waals surface area contributed by atoms with Crippen molar-refractivity contribution < 1.29 is 22.7 Å². The van der Waals surface area contributed by atoms with Crippen LogP contribution in [0.3, 0.4) is 0 Å². The van der Waals surface area contributed by atoms with E-state index >= 15 is 0 Å². The van der Waals surface area contributed by atoms with E-state index in [-0.39, 0.29) is 5.69 Å². The Labute approximate surface area is 170 Å². The third-order valence-electron chi connectivity index (χ3n) is 3.86. The maximum Gasteiger partial charge on any atom is 0.416 e. The molecular weight excluding hydrogens is 459 g/mol. The summed E-state index contributed by atoms with van der Waals surface area (Å²) in [5.41, 5.74) is 0.929. The second-order valence-electron chi connectivity index (χ2n) is 5.64. The summed E-state index contributed by atoms with van der Waals surface area (Å²) in [6.07, 6.45) is -2.86. The van der Waals surface area contributed by atoms with E-state index in [1.54, 1.807) is 13.0 Å². The number of methoxy groups -OCH3 is 1. The average molecular weight is 472 g/mol. The highest BCUT2D eigenvalue weighted by molar-refractivity contribution is 9.10. The van der Waals surface area contributed by atoms with Crippen molar-refractivity contribution in [3.63, 3.8) is 0 Å². The first-order valence-corrected chi connectivity index (χ1v) is 9.43. The largest absolute Gasteiger partial charge is 0.464 e. The average Bonchev–Trinajstić information content (AvgIpc) is 3.22. The first-order chi connectivity index (χ1) is 13.2. The molecule has 10 heteroatoms. The maximum atomic E-state index is 12.8. The molecule has 0 aliphatic rings. The molecule has 0 bridgehead atoms. The molecule has 0 aliphatic carbocycles. The minimum atomic E-state index is -4.42. The number of rotatable bonds is 4. The molecule has 0 radical (unpaired) electrons. The lowest BCUT2D eigenvalue weighted by molar-refractivity contribution is -0.137. The predicted molar refractivity (Wildman–Crippen MR) is 104 cm³/mol. The van der Waals surface area contributed by atoms with Gasteiger partial charge in [-0.15, -0.1) is 0 Å². The standard InChI is InChI=1S/C18H13BrF3N3O2S/c1-4-12-14(10-5-7-11(8-6-10)18(20,21)22)23-17(28-12)25-15(16(26)27-3)13(19)9(2)24-25/h4-8H,1H2,2-3H3. The van der Waals surface area contributed by atoms with E-state index < -0.39 is 17.7 Å². The molecule has 3 rings (SSSR count). The minimum absolute atomic E-state index is 0.170. The summed E-state index contributed by atoms with van der Waals surface area (Å²) in [6.45, 7) is 5.45. The van der Waals surface area contributed by atoms with Gasteiger partial charge in [-0.25, -0.2) is 9.78 Å². The molecule has 3 aromatic rings. The van der Waals surface area contributed by atoms with Crippen molar-refractivity contribution in [3.8, 4) is 16.4 Å². The van der Waals surface area contributed by atoms with Gasteiger partial charge < -0.3 is 4.74 Å². The van der Waals surface area contributed by atoms with Gasteiger partial charge >= 0.3 is 12.1 Å². The van der Waals surface area contributed by atoms with Gasteiger partial charge in [0, 0.05) is 5.56 Å². The van der Waals surface area contributed by atoms with Crippen molar-refractivity contribution in [3.05, 3.63) is 57.1 Å². The lowest BCUT2D eigenvalue weighted by Gasteiger charge is -2.07. The maximum absolute atomic E-state index is 12.8. The normalized spacial score (nSPS) is 11.5. The number of halogens is 4. The Hall–Kier alpha value is -2.46. The SMILES string of the molecule is C=Cc1sc(-n2nc(C)c(Br)c2C(=O)OC)nc1-c1ccc(C(F)(F)F)cc1. The lowest BCUT2D eigenvalue weighted by atomic mass is 10.1. The zero-order chi connectivity index (χ0) is 20.6. The number of aryl methyl sites for hydroxylation is 1. The number of ether oxygens (including phenoxy) is 1. The van der Waals surface area contributed by atoms with Crippen LogP contribution < -0.4 is 0 Å². The van der Waals surface area contributed by atoms with Gasteiger partial charge in [0.2, 0.25) is 5.13 Å². The topological polar surface area (TPSA) is 57.0 Å². The second-order valence-corrected chi connectivity index (χ2v) is 7.44. The number of esters is 1. The summed E-state index contributed by atoms with van der Waals surface area (Å²) in [5.74, 6) is -0.598. The summed E-state index contributed by atoms with van der Waals surface area (Å²) in [5, 5.41) is 4.67. The fraction of sp³-hybridized carbons (Fsp3) is 0.167. The smallest absolute Gasteiger partial charge is 0.416 e. The molecule has 0 unspecified atom stereocenters. The Morgan fingerprint density at radius 1 is 1.32 bits per heavy atom. The van der Waals surface area contributed by atoms with Crippen LogP contribution in [0.4, 0.5) is 13.2 Å². The molecule has 0 N–H and O–H groups in total. The third-order valence-corrected chi connectivity index (χ3v) is 5.84. The van der Waals surface area contributed by atoms with Gasteiger partial charge in [0.1, 0.15) is 0 Å². The van der Waals surface area contributed by atoms with Gasteiger partial charge in [-0.1, -0.05) is 30.0 Å². The monoisotopic (exact) mass is 471 g/mol. The van der Waals surface area contributed by atoms with Crippen LogP contribution in [0.25, 0.3) is 22.5 Å². The molecule has 1 aromatic carbocycles. The van der Waals surface area contributed by atoms with Crippen LogP contribution in [0.1, 0.15) is 26.6 Å². The fourth-order valence-electron chi connectivity index (χ4n) is 2.49. The van der Waals surface area contributed by atoms with E-state index in [9.17, 15) is 18.0 Å². The van der Waals surface area contributed by atoms with Crippen molar-refractivity contribution in [2.75, 3.05) is 7.11 Å². The summed E-state index contributed by atoms with van der Waals surface area (Å²) >= 11 is 4.52. The number of carbonyl (C=O) groups is 1. The predicted octanol–water partition coefficient (Wildman–Crippen LogP) is 5.52. The van der Waals surface area contributed by atoms with Gasteiger partial charge in [-0.05, 0) is 41.1 Å². The minimum Gasteiger partial charge on any atom is -0.464 e. The molecule has 0 spiro atoms. The third kappa shape index (κ3) is 3.61. The quantitative estimate of drug-likeness (QED) is 0.470. The second kappa shape index (κ2) is 7.51. The van der Waals surface area contributed by atoms with Crippen LogP contribution in [0.2, 0.25) is 0 Å². The van der Waals surface area contributed by atoms with Crippen LogP contribution >= 0.6 is 27.3 Å². The Bertz CT molecular complexity index is 1060. The number of nitrogens with zero attached hydrogens (tertiary/aromatic N) is 3. The summed E-state index contributed by atoms with van der Waals surface area (Å²) in [4.78, 5) is 17.3. The van der Waals surface area contributed by atoms with Crippen LogP contribution in [0, 0.1) is 6.92 Å². The van der Waals surface area contributed by atoms with E-state index in [4.69, 9.17) is 4.74 Å². The lowest BCUT2D eigenvalue weighted by Crippen LogP contribution is -2.10. The molecule has 0 saturated heterocycles. The van der Waals surface area contributed by atoms with Gasteiger partial charge in [-0.2, -0.15) is 23.0 Å². The van der Waals surface area contributed by atoms with E-state index in [1.807, 2.05) is 0 Å². The molecular formula is C18H13BrF3N3O2S. The fourth-order valence-corrected chi connectivity index (χ4v) is 3.80. The van der Waals surface area contributed by atoms with Crippen LogP contribution in [0.15, 0.2) is 35.3 Å². The number of alkyl halides is 3. The summed E-state index contributed by atoms with van der Waals surface area (Å²) in [6, 6.07) is 4.69. The molecule has 2 heterocycles. The number of hydrogen-bond acceptors (Lipinski definition) is 5. The number of hydrogen-bond donors (Lipinski definition) is 0. The Morgan fingerprint density at radius 2 is 1.96 bits per heavy atom. The van der Waals surface area contributed by atoms with E-state index in [2.05, 4.69) is 32.6 Å². The van der Waals surface area contributed by atoms with Crippen molar-refractivity contribution >= 4 is 39.3 Å². The van der Waals surface area contributed by atoms with Crippen molar-refractivity contribution in [1.29, 1.82) is 0 Å². The number of aromatic nitrogens is 3. The summed E-state index contributed by atoms with van der Waals surface area (Å²) in [7, 11) is 1.26. The molecule has 0 saturated carbocycles. The van der Waals surface area contributed by atoms with Gasteiger partial charge in [0.15, 0.2) is 5.69 Å². The molecule has 0 aliphatic heterocycles. The summed E-state index contributed by atoms with van der Waals surface area (Å²) < 4.78 is 45.0. The Morgan fingerprint density at radius 3 is 2.50 bits per heavy atom. The molecule has 0 fully saturated rings. The first kappa shape index (κ1) is 20.3. The number of thiazole rings is 1. The molecule has 146 valence electrons. The van der Waals surface area contributed by atoms with E-state index in [0.29, 0.717) is 31.4 Å². The van der Waals surface area contributed by atoms with Gasteiger partial charge in [0.25, 0.3) is 0 Å². The highest BCUT2D eigenvalue weighted by Gasteiger charge is 2.30. The molecule has 0 atom stereocenters. The first-order valence-electron chi connectivity index (χ1n) is 7.82. The molecule has 0 amide bonds. The Balaban J connectivity index is 2.11. The van der Waals surface area contributed by atoms with Crippen molar-refractivity contribution in [1.82, 2.24) is 14.8 Å².